The molecule has 2 aromatic carbocycles. The Morgan fingerprint density at radius 2 is 1.94 bits per heavy atom. The van der Waals surface area contributed by atoms with E-state index in [9.17, 15) is 9.59 Å². The van der Waals surface area contributed by atoms with Crippen LogP contribution in [0.25, 0.3) is 17.4 Å². The van der Waals surface area contributed by atoms with Crippen molar-refractivity contribution in [1.82, 2.24) is 4.90 Å². The van der Waals surface area contributed by atoms with E-state index in [1.165, 1.54) is 4.90 Å². The number of rotatable bonds is 6. The van der Waals surface area contributed by atoms with Crippen LogP contribution in [-0.2, 0) is 4.79 Å². The Balaban J connectivity index is 1.42. The van der Waals surface area contributed by atoms with Crippen molar-refractivity contribution in [3.63, 3.8) is 0 Å². The first-order valence-electron chi connectivity index (χ1n) is 9.72. The zero-order valence-corrected chi connectivity index (χ0v) is 19.5. The van der Waals surface area contributed by atoms with Crippen molar-refractivity contribution < 1.29 is 18.7 Å². The molecule has 0 saturated carbocycles. The number of imide groups is 1. The quantitative estimate of drug-likeness (QED) is 0.366. The van der Waals surface area contributed by atoms with Crippen LogP contribution in [0.1, 0.15) is 16.9 Å². The van der Waals surface area contributed by atoms with E-state index < -0.39 is 0 Å². The molecule has 3 aromatic rings. The number of hydrogen-bond acceptors (Lipinski definition) is 5. The molecule has 0 unspecified atom stereocenters. The summed E-state index contributed by atoms with van der Waals surface area (Å²) in [4.78, 5) is 26.6. The van der Waals surface area contributed by atoms with Crippen molar-refractivity contribution >= 4 is 44.9 Å². The highest BCUT2D eigenvalue weighted by Gasteiger charge is 2.35. The lowest BCUT2D eigenvalue weighted by Gasteiger charge is -2.14. The summed E-state index contributed by atoms with van der Waals surface area (Å²) in [6.07, 6.45) is 1.61. The fourth-order valence-corrected chi connectivity index (χ4v) is 4.40. The SMILES string of the molecule is Cc1ccc(C)c(OCCN2C(=O)S/C(=C\c3ccc(-c4cccc(Br)c4)o3)C2=O)c1. The first-order chi connectivity index (χ1) is 14.9. The number of amides is 2. The highest BCUT2D eigenvalue weighted by Crippen LogP contribution is 2.33. The van der Waals surface area contributed by atoms with Gasteiger partial charge in [0.1, 0.15) is 23.9 Å². The number of hydrogen-bond donors (Lipinski definition) is 0. The van der Waals surface area contributed by atoms with Gasteiger partial charge < -0.3 is 9.15 Å². The molecule has 0 bridgehead atoms. The second kappa shape index (κ2) is 9.16. The van der Waals surface area contributed by atoms with Crippen LogP contribution in [0, 0.1) is 13.8 Å². The molecule has 1 aliphatic heterocycles. The van der Waals surface area contributed by atoms with Crippen molar-refractivity contribution in [2.45, 2.75) is 13.8 Å². The van der Waals surface area contributed by atoms with Crippen molar-refractivity contribution in [3.8, 4) is 17.1 Å². The molecule has 2 amide bonds. The number of aryl methyl sites for hydroxylation is 2. The molecule has 2 heterocycles. The van der Waals surface area contributed by atoms with Gasteiger partial charge in [0.05, 0.1) is 11.4 Å². The molecule has 0 spiro atoms. The molecule has 4 rings (SSSR count). The number of carbonyl (C=O) groups excluding carboxylic acids is 2. The Morgan fingerprint density at radius 3 is 2.74 bits per heavy atom. The summed E-state index contributed by atoms with van der Waals surface area (Å²) in [6, 6.07) is 17.3. The average molecular weight is 498 g/mol. The van der Waals surface area contributed by atoms with E-state index in [1.54, 1.807) is 12.1 Å². The first kappa shape index (κ1) is 21.5. The van der Waals surface area contributed by atoms with E-state index >= 15 is 0 Å². The molecule has 1 aromatic heterocycles. The van der Waals surface area contributed by atoms with Gasteiger partial charge in [-0.3, -0.25) is 14.5 Å². The maximum atomic E-state index is 12.7. The normalized spacial score (nSPS) is 15.2. The number of halogens is 1. The minimum atomic E-state index is -0.333. The van der Waals surface area contributed by atoms with Gasteiger partial charge in [-0.05, 0) is 67.1 Å². The lowest BCUT2D eigenvalue weighted by Crippen LogP contribution is -2.32. The highest BCUT2D eigenvalue weighted by atomic mass is 79.9. The van der Waals surface area contributed by atoms with Crippen LogP contribution in [-0.4, -0.2) is 29.2 Å². The molecule has 1 saturated heterocycles. The van der Waals surface area contributed by atoms with Crippen molar-refractivity contribution in [3.05, 3.63) is 80.9 Å². The van der Waals surface area contributed by atoms with Gasteiger partial charge >= 0.3 is 0 Å². The monoisotopic (exact) mass is 497 g/mol. The summed E-state index contributed by atoms with van der Waals surface area (Å²) in [5.41, 5.74) is 3.03. The fourth-order valence-electron chi connectivity index (χ4n) is 3.16. The topological polar surface area (TPSA) is 59.8 Å². The molecule has 1 aliphatic rings. The van der Waals surface area contributed by atoms with Crippen LogP contribution in [0.15, 0.2) is 68.4 Å². The van der Waals surface area contributed by atoms with Crippen LogP contribution in [0.2, 0.25) is 0 Å². The number of ether oxygens (including phenoxy) is 1. The third-order valence-electron chi connectivity index (χ3n) is 4.80. The second-order valence-electron chi connectivity index (χ2n) is 7.16. The Hall–Kier alpha value is -2.77. The maximum absolute atomic E-state index is 12.7. The van der Waals surface area contributed by atoms with E-state index in [1.807, 2.05) is 62.4 Å². The molecule has 5 nitrogen and oxygen atoms in total. The van der Waals surface area contributed by atoms with Crippen LogP contribution < -0.4 is 4.74 Å². The standard InChI is InChI=1S/C24H20BrNO4S/c1-15-6-7-16(2)21(12-15)29-11-10-26-23(27)22(31-24(26)28)14-19-8-9-20(30-19)17-4-3-5-18(25)13-17/h3-9,12-14H,10-11H2,1-2H3/b22-14-. The summed E-state index contributed by atoms with van der Waals surface area (Å²) < 4.78 is 12.6. The number of carbonyl (C=O) groups is 2. The van der Waals surface area contributed by atoms with Gasteiger partial charge in [-0.25, -0.2) is 0 Å². The average Bonchev–Trinajstić information content (AvgIpc) is 3.30. The summed E-state index contributed by atoms with van der Waals surface area (Å²) in [5.74, 6) is 1.64. The molecular formula is C24H20BrNO4S. The van der Waals surface area contributed by atoms with Crippen LogP contribution in [0.5, 0.6) is 5.75 Å². The Bertz CT molecular complexity index is 1180. The van der Waals surface area contributed by atoms with Gasteiger partial charge in [-0.1, -0.05) is 40.2 Å². The van der Waals surface area contributed by atoms with Gasteiger partial charge in [-0.2, -0.15) is 0 Å². The predicted molar refractivity (Wildman–Crippen MR) is 126 cm³/mol. The molecule has 0 radical (unpaired) electrons. The molecule has 0 aliphatic carbocycles. The second-order valence-corrected chi connectivity index (χ2v) is 9.07. The predicted octanol–water partition coefficient (Wildman–Crippen LogP) is 6.44. The summed E-state index contributed by atoms with van der Waals surface area (Å²) in [7, 11) is 0. The van der Waals surface area contributed by atoms with E-state index in [4.69, 9.17) is 9.15 Å². The molecule has 1 fully saturated rings. The van der Waals surface area contributed by atoms with Gasteiger partial charge in [0, 0.05) is 16.1 Å². The smallest absolute Gasteiger partial charge is 0.293 e. The molecule has 31 heavy (non-hydrogen) atoms. The number of nitrogens with zero attached hydrogens (tertiary/aromatic N) is 1. The van der Waals surface area contributed by atoms with Gasteiger partial charge in [0.15, 0.2) is 0 Å². The Kier molecular flexibility index (Phi) is 6.34. The Morgan fingerprint density at radius 1 is 1.10 bits per heavy atom. The van der Waals surface area contributed by atoms with Gasteiger partial charge in [0.25, 0.3) is 11.1 Å². The number of furan rings is 1. The molecule has 0 atom stereocenters. The summed E-state index contributed by atoms with van der Waals surface area (Å²) in [6.45, 7) is 4.38. The minimum Gasteiger partial charge on any atom is -0.491 e. The summed E-state index contributed by atoms with van der Waals surface area (Å²) in [5, 5.41) is -0.306. The molecule has 158 valence electrons. The maximum Gasteiger partial charge on any atom is 0.293 e. The summed E-state index contributed by atoms with van der Waals surface area (Å²) >= 11 is 4.36. The van der Waals surface area contributed by atoms with Gasteiger partial charge in [0.2, 0.25) is 0 Å². The zero-order valence-electron chi connectivity index (χ0n) is 17.1. The van der Waals surface area contributed by atoms with E-state index in [0.717, 1.165) is 38.7 Å². The number of thioether (sulfide) groups is 1. The third kappa shape index (κ3) is 4.94. The van der Waals surface area contributed by atoms with Crippen molar-refractivity contribution in [2.75, 3.05) is 13.2 Å². The lowest BCUT2D eigenvalue weighted by atomic mass is 10.1. The Labute approximate surface area is 193 Å². The van der Waals surface area contributed by atoms with Crippen LogP contribution in [0.3, 0.4) is 0 Å². The minimum absolute atomic E-state index is 0.191. The van der Waals surface area contributed by atoms with Gasteiger partial charge in [-0.15, -0.1) is 0 Å². The fraction of sp³-hybridized carbons (Fsp3) is 0.167. The lowest BCUT2D eigenvalue weighted by molar-refractivity contribution is -0.123. The third-order valence-corrected chi connectivity index (χ3v) is 6.20. The largest absolute Gasteiger partial charge is 0.491 e. The van der Waals surface area contributed by atoms with E-state index in [-0.39, 0.29) is 24.3 Å². The van der Waals surface area contributed by atoms with E-state index in [0.29, 0.717) is 16.4 Å². The van der Waals surface area contributed by atoms with Crippen LogP contribution in [0.4, 0.5) is 4.79 Å². The molecule has 7 heteroatoms. The highest BCUT2D eigenvalue weighted by molar-refractivity contribution is 9.10. The molecule has 0 N–H and O–H groups in total. The van der Waals surface area contributed by atoms with Crippen molar-refractivity contribution in [2.24, 2.45) is 0 Å². The number of benzene rings is 2. The van der Waals surface area contributed by atoms with E-state index in [2.05, 4.69) is 15.9 Å². The van der Waals surface area contributed by atoms with Crippen LogP contribution >= 0.6 is 27.7 Å². The molecular weight excluding hydrogens is 478 g/mol. The first-order valence-corrected chi connectivity index (χ1v) is 11.3. The van der Waals surface area contributed by atoms with Crippen molar-refractivity contribution in [1.29, 1.82) is 0 Å². The zero-order chi connectivity index (χ0) is 22.0.